The maximum atomic E-state index is 13.7. The summed E-state index contributed by atoms with van der Waals surface area (Å²) in [6.07, 6.45) is 0.515. The number of nitrogens with one attached hydrogen (secondary N) is 2. The summed E-state index contributed by atoms with van der Waals surface area (Å²) >= 11 is 0. The Kier molecular flexibility index (Phi) is 11.5. The van der Waals surface area contributed by atoms with E-state index in [2.05, 4.69) is 10.6 Å². The van der Waals surface area contributed by atoms with Gasteiger partial charge in [0.2, 0.25) is 17.7 Å². The van der Waals surface area contributed by atoms with Crippen molar-refractivity contribution >= 4 is 23.8 Å². The normalized spacial score (nSPS) is 13.8. The van der Waals surface area contributed by atoms with Gasteiger partial charge in [-0.25, -0.2) is 4.79 Å². The second-order valence-corrected chi connectivity index (χ2v) is 9.49. The summed E-state index contributed by atoms with van der Waals surface area (Å²) in [6, 6.07) is 3.79. The molecule has 0 fully saturated rings. The van der Waals surface area contributed by atoms with Crippen LogP contribution in [0.15, 0.2) is 24.3 Å². The van der Waals surface area contributed by atoms with Crippen molar-refractivity contribution in [2.24, 2.45) is 5.73 Å². The number of alkyl carbamates (subject to hydrolysis) is 1. The predicted octanol–water partition coefficient (Wildman–Crippen LogP) is 2.75. The van der Waals surface area contributed by atoms with E-state index < -0.39 is 41.5 Å². The van der Waals surface area contributed by atoms with E-state index in [1.165, 1.54) is 11.0 Å². The first kappa shape index (κ1) is 29.7. The molecule has 0 aliphatic rings. The van der Waals surface area contributed by atoms with Crippen molar-refractivity contribution in [1.29, 1.82) is 0 Å². The van der Waals surface area contributed by atoms with E-state index in [0.29, 0.717) is 0 Å². The number of primary amides is 1. The van der Waals surface area contributed by atoms with Crippen LogP contribution in [0.25, 0.3) is 0 Å². The van der Waals surface area contributed by atoms with Gasteiger partial charge in [-0.3, -0.25) is 14.4 Å². The SMILES string of the molecule is CCCC(C)NC(=O)C(c1ccccc1O)N(CC)C(=O)C(CCC(N)=O)NC(=O)OC(C)(C)C. The van der Waals surface area contributed by atoms with Crippen LogP contribution in [0.5, 0.6) is 5.75 Å². The highest BCUT2D eigenvalue weighted by Crippen LogP contribution is 2.30. The summed E-state index contributed by atoms with van der Waals surface area (Å²) in [7, 11) is 0. The number of ether oxygens (including phenoxy) is 1. The first-order chi connectivity index (χ1) is 16.3. The van der Waals surface area contributed by atoms with Gasteiger partial charge in [0, 0.05) is 24.6 Å². The summed E-state index contributed by atoms with van der Waals surface area (Å²) in [5.74, 6) is -1.85. The van der Waals surface area contributed by atoms with Gasteiger partial charge in [0.05, 0.1) is 0 Å². The fourth-order valence-corrected chi connectivity index (χ4v) is 3.66. The molecule has 0 bridgehead atoms. The predicted molar refractivity (Wildman–Crippen MR) is 132 cm³/mol. The van der Waals surface area contributed by atoms with E-state index in [1.54, 1.807) is 45.9 Å². The maximum absolute atomic E-state index is 13.7. The molecule has 5 N–H and O–H groups in total. The van der Waals surface area contributed by atoms with Crippen LogP contribution in [0.3, 0.4) is 0 Å². The smallest absolute Gasteiger partial charge is 0.408 e. The molecule has 3 unspecified atom stereocenters. The Hall–Kier alpha value is -3.30. The molecule has 0 aromatic heterocycles. The molecule has 35 heavy (non-hydrogen) atoms. The Morgan fingerprint density at radius 1 is 1.09 bits per heavy atom. The Bertz CT molecular complexity index is 883. The topological polar surface area (TPSA) is 151 Å². The second kappa shape index (κ2) is 13.6. The van der Waals surface area contributed by atoms with Crippen LogP contribution in [0.1, 0.15) is 78.8 Å². The number of phenols is 1. The molecule has 0 heterocycles. The standard InChI is InChI=1S/C25H40N4O6/c1-7-11-16(3)27-22(32)21(17-12-9-10-13-19(17)30)29(8-2)23(33)18(14-15-20(26)31)28-24(34)35-25(4,5)6/h9-10,12-13,16,18,21,30H,7-8,11,14-15H2,1-6H3,(H2,26,31)(H,27,32)(H,28,34). The highest BCUT2D eigenvalue weighted by atomic mass is 16.6. The zero-order chi connectivity index (χ0) is 26.8. The zero-order valence-electron chi connectivity index (χ0n) is 21.6. The van der Waals surface area contributed by atoms with E-state index in [1.807, 2.05) is 13.8 Å². The summed E-state index contributed by atoms with van der Waals surface area (Å²) < 4.78 is 5.27. The van der Waals surface area contributed by atoms with Gasteiger partial charge < -0.3 is 31.1 Å². The molecule has 0 radical (unpaired) electrons. The highest BCUT2D eigenvalue weighted by Gasteiger charge is 2.37. The van der Waals surface area contributed by atoms with Crippen LogP contribution in [-0.4, -0.2) is 58.1 Å². The number of rotatable bonds is 12. The van der Waals surface area contributed by atoms with E-state index in [9.17, 15) is 24.3 Å². The number of nitrogens with two attached hydrogens (primary N) is 1. The number of phenolic OH excluding ortho intramolecular Hbond substituents is 1. The Morgan fingerprint density at radius 3 is 2.23 bits per heavy atom. The van der Waals surface area contributed by atoms with Gasteiger partial charge in [-0.1, -0.05) is 31.5 Å². The van der Waals surface area contributed by atoms with Crippen LogP contribution in [0, 0.1) is 0 Å². The van der Waals surface area contributed by atoms with Gasteiger partial charge in [0.1, 0.15) is 23.4 Å². The average Bonchev–Trinajstić information content (AvgIpc) is 2.73. The van der Waals surface area contributed by atoms with Gasteiger partial charge in [0.25, 0.3) is 0 Å². The summed E-state index contributed by atoms with van der Waals surface area (Å²) in [6.45, 7) is 10.7. The van der Waals surface area contributed by atoms with E-state index in [4.69, 9.17) is 10.5 Å². The van der Waals surface area contributed by atoms with Gasteiger partial charge in [-0.2, -0.15) is 0 Å². The maximum Gasteiger partial charge on any atom is 0.408 e. The van der Waals surface area contributed by atoms with Gasteiger partial charge in [-0.05, 0) is 53.5 Å². The third kappa shape index (κ3) is 9.84. The Balaban J connectivity index is 3.38. The number of carbonyl (C=O) groups excluding carboxylic acids is 4. The van der Waals surface area contributed by atoms with E-state index in [-0.39, 0.29) is 36.7 Å². The number of hydrogen-bond donors (Lipinski definition) is 4. The number of para-hydroxylation sites is 1. The molecule has 1 aromatic rings. The molecule has 10 heteroatoms. The van der Waals surface area contributed by atoms with Crippen molar-refractivity contribution < 1.29 is 29.0 Å². The van der Waals surface area contributed by atoms with Crippen LogP contribution in [0.4, 0.5) is 4.79 Å². The van der Waals surface area contributed by atoms with Gasteiger partial charge in [-0.15, -0.1) is 0 Å². The zero-order valence-corrected chi connectivity index (χ0v) is 21.6. The molecule has 0 spiro atoms. The lowest BCUT2D eigenvalue weighted by Gasteiger charge is -2.34. The van der Waals surface area contributed by atoms with Crippen LogP contribution < -0.4 is 16.4 Å². The first-order valence-corrected chi connectivity index (χ1v) is 12.0. The molecule has 3 atom stereocenters. The molecule has 0 aliphatic heterocycles. The Labute approximate surface area is 207 Å². The number of likely N-dealkylation sites (N-methyl/N-ethyl adjacent to an activating group) is 1. The summed E-state index contributed by atoms with van der Waals surface area (Å²) in [5.41, 5.74) is 4.72. The molecular formula is C25H40N4O6. The largest absolute Gasteiger partial charge is 0.508 e. The lowest BCUT2D eigenvalue weighted by atomic mass is 10.00. The van der Waals surface area contributed by atoms with Crippen LogP contribution >= 0.6 is 0 Å². The summed E-state index contributed by atoms with van der Waals surface area (Å²) in [4.78, 5) is 52.2. The highest BCUT2D eigenvalue weighted by molar-refractivity contribution is 5.93. The van der Waals surface area contributed by atoms with E-state index in [0.717, 1.165) is 12.8 Å². The van der Waals surface area contributed by atoms with Crippen LogP contribution in [0.2, 0.25) is 0 Å². The number of carbonyl (C=O) groups is 4. The quantitative estimate of drug-likeness (QED) is 0.352. The molecule has 0 aliphatic carbocycles. The summed E-state index contributed by atoms with van der Waals surface area (Å²) in [5, 5.41) is 15.9. The van der Waals surface area contributed by atoms with E-state index >= 15 is 0 Å². The van der Waals surface area contributed by atoms with Crippen molar-refractivity contribution in [1.82, 2.24) is 15.5 Å². The monoisotopic (exact) mass is 492 g/mol. The first-order valence-electron chi connectivity index (χ1n) is 12.0. The number of benzene rings is 1. The molecule has 1 rings (SSSR count). The van der Waals surface area contributed by atoms with Crippen molar-refractivity contribution in [3.8, 4) is 5.75 Å². The average molecular weight is 493 g/mol. The molecule has 10 nitrogen and oxygen atoms in total. The minimum atomic E-state index is -1.17. The number of nitrogens with zero attached hydrogens (tertiary/aromatic N) is 1. The number of aromatic hydroxyl groups is 1. The minimum Gasteiger partial charge on any atom is -0.508 e. The van der Waals surface area contributed by atoms with Crippen LogP contribution in [-0.2, 0) is 19.1 Å². The molecule has 0 saturated heterocycles. The third-order valence-electron chi connectivity index (χ3n) is 5.19. The lowest BCUT2D eigenvalue weighted by molar-refractivity contribution is -0.142. The Morgan fingerprint density at radius 2 is 1.71 bits per heavy atom. The van der Waals surface area contributed by atoms with Gasteiger partial charge in [0.15, 0.2) is 0 Å². The van der Waals surface area contributed by atoms with Crippen molar-refractivity contribution in [3.05, 3.63) is 29.8 Å². The van der Waals surface area contributed by atoms with Crippen molar-refractivity contribution in [2.75, 3.05) is 6.54 Å². The molecule has 1 aromatic carbocycles. The minimum absolute atomic E-state index is 0.0781. The molecule has 0 saturated carbocycles. The van der Waals surface area contributed by atoms with Gasteiger partial charge >= 0.3 is 6.09 Å². The fraction of sp³-hybridized carbons (Fsp3) is 0.600. The van der Waals surface area contributed by atoms with Crippen molar-refractivity contribution in [2.45, 2.75) is 91.0 Å². The fourth-order valence-electron chi connectivity index (χ4n) is 3.66. The number of hydrogen-bond acceptors (Lipinski definition) is 6. The molecule has 4 amide bonds. The van der Waals surface area contributed by atoms with Crippen molar-refractivity contribution in [3.63, 3.8) is 0 Å². The number of amides is 4. The molecule has 196 valence electrons. The lowest BCUT2D eigenvalue weighted by Crippen LogP contribution is -2.53. The second-order valence-electron chi connectivity index (χ2n) is 9.49. The third-order valence-corrected chi connectivity index (χ3v) is 5.19. The molecular weight excluding hydrogens is 452 g/mol.